The highest BCUT2D eigenvalue weighted by molar-refractivity contribution is 7.81. The van der Waals surface area contributed by atoms with Gasteiger partial charge in [-0.1, -0.05) is 20.8 Å². The second-order valence-corrected chi connectivity index (χ2v) is 3.81. The van der Waals surface area contributed by atoms with Gasteiger partial charge in [-0.15, -0.1) is 0 Å². The Morgan fingerprint density at radius 1 is 1.50 bits per heavy atom. The van der Waals surface area contributed by atoms with Crippen molar-refractivity contribution < 1.29 is 4.79 Å². The van der Waals surface area contributed by atoms with Gasteiger partial charge in [-0.25, -0.2) is 0 Å². The molecule has 0 saturated carbocycles. The highest BCUT2D eigenvalue weighted by atomic mass is 32.1. The fourth-order valence-electron chi connectivity index (χ4n) is 0.420. The summed E-state index contributed by atoms with van der Waals surface area (Å²) in [6.07, 6.45) is 0. The lowest BCUT2D eigenvalue weighted by atomic mass is 9.97. The van der Waals surface area contributed by atoms with Crippen LogP contribution < -0.4 is 5.32 Å². The van der Waals surface area contributed by atoms with E-state index >= 15 is 0 Å². The van der Waals surface area contributed by atoms with Crippen molar-refractivity contribution in [2.45, 2.75) is 20.8 Å². The maximum Gasteiger partial charge on any atom is 0.229 e. The van der Waals surface area contributed by atoms with Gasteiger partial charge in [0, 0.05) is 6.54 Å². The molecule has 60 valence electrons. The van der Waals surface area contributed by atoms with Crippen LogP contribution in [-0.2, 0) is 4.79 Å². The van der Waals surface area contributed by atoms with E-state index in [1.807, 2.05) is 0 Å². The van der Waals surface area contributed by atoms with E-state index in [0.717, 1.165) is 0 Å². The van der Waals surface area contributed by atoms with Crippen molar-refractivity contribution >= 4 is 18.5 Å². The lowest BCUT2D eigenvalue weighted by Gasteiger charge is -2.17. The van der Waals surface area contributed by atoms with Crippen LogP contribution >= 0.6 is 12.6 Å². The first-order valence-corrected chi connectivity index (χ1v) is 3.96. The smallest absolute Gasteiger partial charge is 0.229 e. The molecule has 0 aromatic heterocycles. The second kappa shape index (κ2) is 3.86. The van der Waals surface area contributed by atoms with Crippen LogP contribution in [0, 0.1) is 5.41 Å². The quantitative estimate of drug-likeness (QED) is 0.583. The molecule has 0 aliphatic carbocycles. The predicted octanol–water partition coefficient (Wildman–Crippen LogP) is 1.08. The topological polar surface area (TPSA) is 29.1 Å². The summed E-state index contributed by atoms with van der Waals surface area (Å²) in [5.41, 5.74) is 0.165. The zero-order valence-corrected chi connectivity index (χ0v) is 7.66. The third-order valence-electron chi connectivity index (χ3n) is 0.959. The number of carbonyl (C=O) groups is 1. The summed E-state index contributed by atoms with van der Waals surface area (Å²) in [5, 5.41) is 2.76. The van der Waals surface area contributed by atoms with E-state index in [-0.39, 0.29) is 17.1 Å². The average molecular weight is 161 g/mol. The molecule has 0 rings (SSSR count). The third-order valence-corrected chi connectivity index (χ3v) is 1.25. The number of hydrogen-bond donors (Lipinski definition) is 2. The average Bonchev–Trinajstić information content (AvgIpc) is 1.81. The van der Waals surface area contributed by atoms with Crippen LogP contribution in [0.3, 0.4) is 0 Å². The lowest BCUT2D eigenvalue weighted by Crippen LogP contribution is -2.32. The van der Waals surface area contributed by atoms with Gasteiger partial charge in [0.2, 0.25) is 5.91 Å². The van der Waals surface area contributed by atoms with Crippen LogP contribution in [0.15, 0.2) is 0 Å². The minimum absolute atomic E-state index is 0.00161. The fourth-order valence-corrected chi connectivity index (χ4v) is 0.531. The van der Waals surface area contributed by atoms with Gasteiger partial charge >= 0.3 is 0 Å². The number of carbonyl (C=O) groups excluding carboxylic acids is 1. The summed E-state index contributed by atoms with van der Waals surface area (Å²) >= 11 is 3.83. The highest BCUT2D eigenvalue weighted by Crippen LogP contribution is 2.09. The first-order valence-electron chi connectivity index (χ1n) is 3.33. The van der Waals surface area contributed by atoms with E-state index < -0.39 is 0 Å². The van der Waals surface area contributed by atoms with E-state index in [1.54, 1.807) is 0 Å². The van der Waals surface area contributed by atoms with Gasteiger partial charge in [-0.3, -0.25) is 4.79 Å². The van der Waals surface area contributed by atoms with Gasteiger partial charge in [0.25, 0.3) is 0 Å². The van der Waals surface area contributed by atoms with Crippen molar-refractivity contribution in [3.63, 3.8) is 0 Å². The molecule has 0 radical (unpaired) electrons. The van der Waals surface area contributed by atoms with Crippen LogP contribution in [0.25, 0.3) is 0 Å². The summed E-state index contributed by atoms with van der Waals surface area (Å²) in [6.45, 7) is 6.94. The number of hydrogen-bond acceptors (Lipinski definition) is 2. The molecule has 0 spiro atoms. The van der Waals surface area contributed by atoms with Crippen LogP contribution in [0.2, 0.25) is 0 Å². The molecule has 0 fully saturated rings. The van der Waals surface area contributed by atoms with Crippen LogP contribution in [0.4, 0.5) is 0 Å². The van der Waals surface area contributed by atoms with Gasteiger partial charge in [-0.05, 0) is 5.41 Å². The van der Waals surface area contributed by atoms with Crippen molar-refractivity contribution in [1.82, 2.24) is 5.32 Å². The Kier molecular flexibility index (Phi) is 3.79. The molecule has 1 N–H and O–H groups in total. The van der Waals surface area contributed by atoms with Gasteiger partial charge < -0.3 is 5.32 Å². The maximum atomic E-state index is 10.7. The zero-order chi connectivity index (χ0) is 8.20. The molecule has 0 atom stereocenters. The Bertz CT molecular complexity index is 117. The molecule has 1 amide bonds. The molecule has 2 nitrogen and oxygen atoms in total. The number of thiol groups is 1. The molecule has 10 heavy (non-hydrogen) atoms. The third kappa shape index (κ3) is 5.95. The second-order valence-electron chi connectivity index (χ2n) is 3.50. The first kappa shape index (κ1) is 9.82. The van der Waals surface area contributed by atoms with E-state index in [1.165, 1.54) is 0 Å². The minimum atomic E-state index is -0.00161. The monoisotopic (exact) mass is 161 g/mol. The maximum absolute atomic E-state index is 10.7. The highest BCUT2D eigenvalue weighted by Gasteiger charge is 2.10. The Balaban J connectivity index is 3.46. The van der Waals surface area contributed by atoms with Gasteiger partial charge in [0.05, 0.1) is 5.75 Å². The predicted molar refractivity (Wildman–Crippen MR) is 46.3 cm³/mol. The summed E-state index contributed by atoms with van der Waals surface area (Å²) in [6, 6.07) is 0. The molecule has 0 aliphatic rings. The van der Waals surface area contributed by atoms with Crippen molar-refractivity contribution in [3.8, 4) is 0 Å². The Labute approximate surface area is 67.8 Å². The summed E-state index contributed by atoms with van der Waals surface area (Å²) in [7, 11) is 0. The molecular formula is C7H15NOS. The van der Waals surface area contributed by atoms with Gasteiger partial charge in [0.15, 0.2) is 0 Å². The van der Waals surface area contributed by atoms with Crippen molar-refractivity contribution in [1.29, 1.82) is 0 Å². The number of nitrogens with one attached hydrogen (secondary N) is 1. The van der Waals surface area contributed by atoms with E-state index in [0.29, 0.717) is 6.54 Å². The molecule has 0 aromatic carbocycles. The molecule has 0 aliphatic heterocycles. The van der Waals surface area contributed by atoms with Crippen LogP contribution in [-0.4, -0.2) is 18.2 Å². The van der Waals surface area contributed by atoms with Crippen LogP contribution in [0.1, 0.15) is 20.8 Å². The first-order chi connectivity index (χ1) is 4.45. The Hall–Kier alpha value is -0.180. The van der Waals surface area contributed by atoms with Crippen molar-refractivity contribution in [2.24, 2.45) is 5.41 Å². The Morgan fingerprint density at radius 2 is 2.00 bits per heavy atom. The van der Waals surface area contributed by atoms with E-state index in [2.05, 4.69) is 38.7 Å². The van der Waals surface area contributed by atoms with Crippen LogP contribution in [0.5, 0.6) is 0 Å². The Morgan fingerprint density at radius 3 is 2.30 bits per heavy atom. The number of rotatable bonds is 2. The SMILES string of the molecule is CC(C)(C)CNC(=O)CS. The van der Waals surface area contributed by atoms with E-state index in [9.17, 15) is 4.79 Å². The number of amides is 1. The molecule has 0 unspecified atom stereocenters. The summed E-state index contributed by atoms with van der Waals surface area (Å²) in [4.78, 5) is 10.7. The molecule has 0 bridgehead atoms. The van der Waals surface area contributed by atoms with Gasteiger partial charge in [0.1, 0.15) is 0 Å². The van der Waals surface area contributed by atoms with Crippen molar-refractivity contribution in [2.75, 3.05) is 12.3 Å². The molecule has 0 aromatic rings. The van der Waals surface area contributed by atoms with E-state index in [4.69, 9.17) is 0 Å². The summed E-state index contributed by atoms with van der Waals surface area (Å²) < 4.78 is 0. The lowest BCUT2D eigenvalue weighted by molar-refractivity contribution is -0.118. The molecular weight excluding hydrogens is 146 g/mol. The normalized spacial score (nSPS) is 11.2. The minimum Gasteiger partial charge on any atom is -0.355 e. The molecule has 0 heterocycles. The zero-order valence-electron chi connectivity index (χ0n) is 6.77. The standard InChI is InChI=1S/C7H15NOS/c1-7(2,3)5-8-6(9)4-10/h10H,4-5H2,1-3H3,(H,8,9). The van der Waals surface area contributed by atoms with Crippen molar-refractivity contribution in [3.05, 3.63) is 0 Å². The molecule has 0 saturated heterocycles. The summed E-state index contributed by atoms with van der Waals surface area (Å²) in [5.74, 6) is 0.272. The van der Waals surface area contributed by atoms with Gasteiger partial charge in [-0.2, -0.15) is 12.6 Å². The molecule has 3 heteroatoms. The fraction of sp³-hybridized carbons (Fsp3) is 0.857. The largest absolute Gasteiger partial charge is 0.355 e.